The molecule has 0 aliphatic heterocycles. The van der Waals surface area contributed by atoms with Gasteiger partial charge in [0, 0.05) is 0 Å². The molecule has 0 heterocycles. The van der Waals surface area contributed by atoms with Crippen molar-refractivity contribution >= 4 is 58.0 Å². The lowest BCUT2D eigenvalue weighted by molar-refractivity contribution is -0.274. The summed E-state index contributed by atoms with van der Waals surface area (Å²) < 4.78 is 39.6. The maximum atomic E-state index is 12.0. The molecule has 0 radical (unpaired) electrons. The molecule has 16 heavy (non-hydrogen) atoms. The van der Waals surface area contributed by atoms with Crippen LogP contribution >= 0.6 is 58.0 Å². The summed E-state index contributed by atoms with van der Waals surface area (Å²) in [6.45, 7) is 0. The molecule has 9 heteroatoms. The topological polar surface area (TPSA) is 9.23 Å². The van der Waals surface area contributed by atoms with Crippen LogP contribution in [0.25, 0.3) is 0 Å². The normalized spacial score (nSPS) is 11.8. The lowest BCUT2D eigenvalue weighted by Gasteiger charge is -2.14. The molecule has 0 aliphatic carbocycles. The molecule has 0 bridgehead atoms. The Balaban J connectivity index is 3.40. The van der Waals surface area contributed by atoms with E-state index in [1.54, 1.807) is 0 Å². The van der Waals surface area contributed by atoms with Crippen LogP contribution in [0.1, 0.15) is 0 Å². The van der Waals surface area contributed by atoms with E-state index in [9.17, 15) is 13.2 Å². The Morgan fingerprint density at radius 2 is 1.00 bits per heavy atom. The highest BCUT2D eigenvalue weighted by molar-refractivity contribution is 6.55. The SMILES string of the molecule is FC(F)(F)Oc1c(Cl)c(Cl)c(Cl)c(Cl)c1Cl. The number of benzene rings is 1. The van der Waals surface area contributed by atoms with E-state index in [4.69, 9.17) is 58.0 Å². The van der Waals surface area contributed by atoms with Gasteiger partial charge in [-0.2, -0.15) is 0 Å². The molecule has 0 spiro atoms. The number of halogens is 8. The average molecular weight is 334 g/mol. The van der Waals surface area contributed by atoms with Gasteiger partial charge in [0.05, 0.1) is 15.1 Å². The second-order valence-electron chi connectivity index (χ2n) is 2.45. The summed E-state index contributed by atoms with van der Waals surface area (Å²) in [7, 11) is 0. The van der Waals surface area contributed by atoms with E-state index in [0.717, 1.165) is 0 Å². The Hall–Kier alpha value is 0.260. The van der Waals surface area contributed by atoms with Crippen LogP contribution in [0.15, 0.2) is 0 Å². The highest BCUT2D eigenvalue weighted by atomic mass is 35.5. The van der Waals surface area contributed by atoms with Crippen molar-refractivity contribution in [3.05, 3.63) is 25.1 Å². The van der Waals surface area contributed by atoms with Crippen molar-refractivity contribution in [1.82, 2.24) is 0 Å². The monoisotopic (exact) mass is 332 g/mol. The Bertz CT molecular complexity index is 402. The first kappa shape index (κ1) is 14.3. The summed E-state index contributed by atoms with van der Waals surface area (Å²) in [5.41, 5.74) is 0. The number of alkyl halides is 3. The average Bonchev–Trinajstić information content (AvgIpc) is 2.17. The van der Waals surface area contributed by atoms with Crippen LogP contribution in [0.4, 0.5) is 13.2 Å². The lowest BCUT2D eigenvalue weighted by Crippen LogP contribution is -2.17. The second-order valence-corrected chi connectivity index (χ2v) is 4.34. The van der Waals surface area contributed by atoms with Crippen molar-refractivity contribution in [1.29, 1.82) is 0 Å². The van der Waals surface area contributed by atoms with Gasteiger partial charge in [-0.05, 0) is 0 Å². The molecule has 1 aromatic carbocycles. The van der Waals surface area contributed by atoms with E-state index < -0.39 is 22.2 Å². The molecular weight excluding hydrogens is 334 g/mol. The molecule has 0 aliphatic rings. The Labute approximate surface area is 113 Å². The van der Waals surface area contributed by atoms with Crippen molar-refractivity contribution in [2.45, 2.75) is 6.36 Å². The van der Waals surface area contributed by atoms with Gasteiger partial charge in [0.15, 0.2) is 5.75 Å². The van der Waals surface area contributed by atoms with Crippen LogP contribution < -0.4 is 4.74 Å². The molecule has 0 amide bonds. The number of hydrogen-bond acceptors (Lipinski definition) is 1. The second kappa shape index (κ2) is 4.86. The third kappa shape index (κ3) is 2.93. The smallest absolute Gasteiger partial charge is 0.402 e. The third-order valence-electron chi connectivity index (χ3n) is 1.39. The van der Waals surface area contributed by atoms with Crippen molar-refractivity contribution in [3.8, 4) is 5.75 Å². The quantitative estimate of drug-likeness (QED) is 0.462. The van der Waals surface area contributed by atoms with Gasteiger partial charge < -0.3 is 4.74 Å². The van der Waals surface area contributed by atoms with E-state index in [0.29, 0.717) is 0 Å². The summed E-state index contributed by atoms with van der Waals surface area (Å²) in [4.78, 5) is 0. The molecule has 0 saturated carbocycles. The van der Waals surface area contributed by atoms with E-state index in [1.807, 2.05) is 0 Å². The molecular formula is C7Cl5F3O. The predicted molar refractivity (Wildman–Crippen MR) is 58.2 cm³/mol. The van der Waals surface area contributed by atoms with Crippen molar-refractivity contribution in [2.24, 2.45) is 0 Å². The van der Waals surface area contributed by atoms with Gasteiger partial charge in [-0.25, -0.2) is 0 Å². The molecule has 0 fully saturated rings. The molecule has 0 aromatic heterocycles. The van der Waals surface area contributed by atoms with Crippen molar-refractivity contribution < 1.29 is 17.9 Å². The van der Waals surface area contributed by atoms with Gasteiger partial charge in [-0.3, -0.25) is 0 Å². The molecule has 1 nitrogen and oxygen atoms in total. The van der Waals surface area contributed by atoms with Crippen LogP contribution in [0.3, 0.4) is 0 Å². The maximum absolute atomic E-state index is 12.0. The fraction of sp³-hybridized carbons (Fsp3) is 0.143. The molecule has 0 atom stereocenters. The van der Waals surface area contributed by atoms with Crippen LogP contribution in [-0.4, -0.2) is 6.36 Å². The Morgan fingerprint density at radius 3 is 1.31 bits per heavy atom. The van der Waals surface area contributed by atoms with Gasteiger partial charge in [-0.15, -0.1) is 13.2 Å². The molecule has 1 aromatic rings. The van der Waals surface area contributed by atoms with Crippen molar-refractivity contribution in [2.75, 3.05) is 0 Å². The largest absolute Gasteiger partial charge is 0.573 e. The van der Waals surface area contributed by atoms with E-state index in [-0.39, 0.29) is 15.1 Å². The first-order valence-electron chi connectivity index (χ1n) is 3.42. The zero-order valence-corrected chi connectivity index (χ0v) is 10.7. The molecule has 90 valence electrons. The van der Waals surface area contributed by atoms with Gasteiger partial charge in [-0.1, -0.05) is 58.0 Å². The third-order valence-corrected chi connectivity index (χ3v) is 3.63. The van der Waals surface area contributed by atoms with Crippen molar-refractivity contribution in [3.63, 3.8) is 0 Å². The fourth-order valence-electron chi connectivity index (χ4n) is 0.790. The van der Waals surface area contributed by atoms with Gasteiger partial charge >= 0.3 is 6.36 Å². The maximum Gasteiger partial charge on any atom is 0.573 e. The van der Waals surface area contributed by atoms with E-state index in [2.05, 4.69) is 4.74 Å². The molecule has 0 N–H and O–H groups in total. The molecule has 0 unspecified atom stereocenters. The van der Waals surface area contributed by atoms with Gasteiger partial charge in [0.2, 0.25) is 0 Å². The summed E-state index contributed by atoms with van der Waals surface area (Å²) in [6.07, 6.45) is -4.96. The predicted octanol–water partition coefficient (Wildman–Crippen LogP) is 5.85. The molecule has 1 rings (SSSR count). The van der Waals surface area contributed by atoms with E-state index >= 15 is 0 Å². The van der Waals surface area contributed by atoms with E-state index in [1.165, 1.54) is 0 Å². The lowest BCUT2D eigenvalue weighted by atomic mass is 10.3. The number of ether oxygens (including phenoxy) is 1. The number of hydrogen-bond donors (Lipinski definition) is 0. The van der Waals surface area contributed by atoms with Gasteiger partial charge in [0.25, 0.3) is 0 Å². The van der Waals surface area contributed by atoms with Crippen LogP contribution in [0, 0.1) is 0 Å². The highest BCUT2D eigenvalue weighted by Gasteiger charge is 2.35. The standard InChI is InChI=1S/C7Cl5F3O/c8-1-2(9)4(11)6(5(12)3(1)10)16-7(13,14)15. The summed E-state index contributed by atoms with van der Waals surface area (Å²) in [6, 6.07) is 0. The highest BCUT2D eigenvalue weighted by Crippen LogP contribution is 2.49. The minimum absolute atomic E-state index is 0.243. The molecule has 0 saturated heterocycles. The fourth-order valence-corrected chi connectivity index (χ4v) is 1.99. The summed E-state index contributed by atoms with van der Waals surface area (Å²) >= 11 is 27.6. The Morgan fingerprint density at radius 1 is 0.688 bits per heavy atom. The first-order chi connectivity index (χ1) is 7.15. The number of rotatable bonds is 1. The summed E-state index contributed by atoms with van der Waals surface area (Å²) in [5.74, 6) is -0.879. The first-order valence-corrected chi connectivity index (χ1v) is 5.31. The van der Waals surface area contributed by atoms with Crippen LogP contribution in [0.5, 0.6) is 5.75 Å². The van der Waals surface area contributed by atoms with Gasteiger partial charge in [0.1, 0.15) is 10.0 Å². The zero-order chi connectivity index (χ0) is 12.7. The summed E-state index contributed by atoms with van der Waals surface area (Å²) in [5, 5.41) is -2.08. The minimum Gasteiger partial charge on any atom is -0.402 e. The van der Waals surface area contributed by atoms with Crippen LogP contribution in [-0.2, 0) is 0 Å². The zero-order valence-electron chi connectivity index (χ0n) is 6.93. The van der Waals surface area contributed by atoms with Crippen LogP contribution in [0.2, 0.25) is 25.1 Å². The minimum atomic E-state index is -4.96. The Kier molecular flexibility index (Phi) is 4.35.